The van der Waals surface area contributed by atoms with Crippen LogP contribution in [-0.4, -0.2) is 42.5 Å². The molecule has 0 radical (unpaired) electrons. The summed E-state index contributed by atoms with van der Waals surface area (Å²) in [6.45, 7) is 2.65. The van der Waals surface area contributed by atoms with Crippen LogP contribution in [0, 0.1) is 18.8 Å². The van der Waals surface area contributed by atoms with Crippen molar-refractivity contribution < 1.29 is 14.7 Å². The molecule has 1 aliphatic rings. The molecule has 132 valence electrons. The van der Waals surface area contributed by atoms with E-state index in [-0.39, 0.29) is 17.9 Å². The minimum absolute atomic E-state index is 0.00552. The number of hydrogen-bond acceptors (Lipinski definition) is 3. The molecule has 5 heteroatoms. The van der Waals surface area contributed by atoms with Crippen LogP contribution in [0.15, 0.2) is 24.3 Å². The van der Waals surface area contributed by atoms with Crippen molar-refractivity contribution in [3.05, 3.63) is 35.4 Å². The van der Waals surface area contributed by atoms with Crippen molar-refractivity contribution in [1.29, 1.82) is 0 Å². The van der Waals surface area contributed by atoms with Gasteiger partial charge in [-0.1, -0.05) is 29.8 Å². The first kappa shape index (κ1) is 18.5. The number of amides is 1. The largest absolute Gasteiger partial charge is 0.481 e. The van der Waals surface area contributed by atoms with Crippen molar-refractivity contribution in [1.82, 2.24) is 10.2 Å². The van der Waals surface area contributed by atoms with Crippen LogP contribution >= 0.6 is 0 Å². The van der Waals surface area contributed by atoms with E-state index in [1.165, 1.54) is 0 Å². The zero-order valence-electron chi connectivity index (χ0n) is 14.8. The lowest BCUT2D eigenvalue weighted by atomic mass is 9.82. The van der Waals surface area contributed by atoms with Crippen LogP contribution in [0.4, 0.5) is 0 Å². The van der Waals surface area contributed by atoms with E-state index in [9.17, 15) is 9.59 Å². The van der Waals surface area contributed by atoms with Crippen LogP contribution in [-0.2, 0) is 9.59 Å². The van der Waals surface area contributed by atoms with E-state index in [0.717, 1.165) is 24.0 Å². The Labute approximate surface area is 144 Å². The minimum Gasteiger partial charge on any atom is -0.481 e. The summed E-state index contributed by atoms with van der Waals surface area (Å²) in [6.07, 6.45) is 3.17. The number of benzene rings is 1. The van der Waals surface area contributed by atoms with Crippen LogP contribution in [0.25, 0.3) is 0 Å². The number of aryl methyl sites for hydroxylation is 1. The molecule has 0 aliphatic heterocycles. The number of aliphatic carboxylic acids is 1. The highest BCUT2D eigenvalue weighted by atomic mass is 16.4. The number of nitrogens with zero attached hydrogens (tertiary/aromatic N) is 1. The average Bonchev–Trinajstić information content (AvgIpc) is 2.53. The standard InChI is InChI=1S/C19H28N2O3/c1-13-5-4-6-16(11-13)17(21(2)3)18(22)20-12-14-7-9-15(10-8-14)19(23)24/h4-6,11,14-15,17H,7-10,12H2,1-3H3,(H,20,22)(H,23,24)/t14?,15?,17-/m1/s1. The molecule has 1 saturated carbocycles. The van der Waals surface area contributed by atoms with Gasteiger partial charge in [0.05, 0.1) is 5.92 Å². The summed E-state index contributed by atoms with van der Waals surface area (Å²) in [5, 5.41) is 12.1. The Morgan fingerprint density at radius 1 is 1.25 bits per heavy atom. The Kier molecular flexibility index (Phi) is 6.37. The number of likely N-dealkylation sites (N-methyl/N-ethyl adjacent to an activating group) is 1. The van der Waals surface area contributed by atoms with E-state index in [2.05, 4.69) is 5.32 Å². The Hall–Kier alpha value is -1.88. The third-order valence-corrected chi connectivity index (χ3v) is 4.88. The summed E-state index contributed by atoms with van der Waals surface area (Å²) in [6, 6.07) is 7.72. The van der Waals surface area contributed by atoms with Gasteiger partial charge in [-0.3, -0.25) is 14.5 Å². The molecule has 1 fully saturated rings. The molecule has 0 spiro atoms. The number of carbonyl (C=O) groups is 2. The van der Waals surface area contributed by atoms with Crippen molar-refractivity contribution in [3.8, 4) is 0 Å². The molecular formula is C19H28N2O3. The van der Waals surface area contributed by atoms with Crippen molar-refractivity contribution in [3.63, 3.8) is 0 Å². The third kappa shape index (κ3) is 4.81. The molecular weight excluding hydrogens is 304 g/mol. The first-order chi connectivity index (χ1) is 11.4. The fraction of sp³-hybridized carbons (Fsp3) is 0.579. The minimum atomic E-state index is -0.690. The highest BCUT2D eigenvalue weighted by molar-refractivity contribution is 5.83. The Morgan fingerprint density at radius 2 is 1.92 bits per heavy atom. The molecule has 1 aliphatic carbocycles. The van der Waals surface area contributed by atoms with Crippen LogP contribution < -0.4 is 5.32 Å². The summed E-state index contributed by atoms with van der Waals surface area (Å²) in [5.74, 6) is -0.515. The molecule has 0 heterocycles. The van der Waals surface area contributed by atoms with E-state index in [1.54, 1.807) is 0 Å². The lowest BCUT2D eigenvalue weighted by Crippen LogP contribution is -2.40. The number of carboxylic acid groups (broad SMARTS) is 1. The average molecular weight is 332 g/mol. The normalized spacial score (nSPS) is 22.2. The topological polar surface area (TPSA) is 69.6 Å². The Balaban J connectivity index is 1.91. The number of hydrogen-bond donors (Lipinski definition) is 2. The van der Waals surface area contributed by atoms with Gasteiger partial charge in [-0.15, -0.1) is 0 Å². The maximum absolute atomic E-state index is 12.7. The second-order valence-electron chi connectivity index (χ2n) is 7.08. The van der Waals surface area contributed by atoms with Gasteiger partial charge in [0.15, 0.2) is 0 Å². The van der Waals surface area contributed by atoms with Gasteiger partial charge in [-0.2, -0.15) is 0 Å². The summed E-state index contributed by atoms with van der Waals surface area (Å²) >= 11 is 0. The van der Waals surface area contributed by atoms with Crippen molar-refractivity contribution >= 4 is 11.9 Å². The molecule has 0 unspecified atom stereocenters. The lowest BCUT2D eigenvalue weighted by molar-refractivity contribution is -0.143. The quantitative estimate of drug-likeness (QED) is 0.840. The SMILES string of the molecule is Cc1cccc([C@H](C(=O)NCC2CCC(C(=O)O)CC2)N(C)C)c1. The smallest absolute Gasteiger partial charge is 0.306 e. The van der Waals surface area contributed by atoms with Gasteiger partial charge < -0.3 is 10.4 Å². The summed E-state index contributed by atoms with van der Waals surface area (Å²) in [7, 11) is 3.81. The van der Waals surface area contributed by atoms with Gasteiger partial charge in [0, 0.05) is 6.54 Å². The van der Waals surface area contributed by atoms with Crippen LogP contribution in [0.3, 0.4) is 0 Å². The molecule has 1 aromatic rings. The molecule has 2 rings (SSSR count). The van der Waals surface area contributed by atoms with E-state index in [1.807, 2.05) is 50.2 Å². The first-order valence-corrected chi connectivity index (χ1v) is 8.62. The molecule has 24 heavy (non-hydrogen) atoms. The van der Waals surface area contributed by atoms with Gasteiger partial charge in [0.25, 0.3) is 0 Å². The second kappa shape index (κ2) is 8.29. The summed E-state index contributed by atoms with van der Waals surface area (Å²) < 4.78 is 0. The number of rotatable bonds is 6. The van der Waals surface area contributed by atoms with Crippen molar-refractivity contribution in [2.45, 2.75) is 38.6 Å². The highest BCUT2D eigenvalue weighted by Gasteiger charge is 2.27. The molecule has 1 aromatic carbocycles. The predicted molar refractivity (Wildman–Crippen MR) is 93.7 cm³/mol. The molecule has 0 aromatic heterocycles. The monoisotopic (exact) mass is 332 g/mol. The van der Waals surface area contributed by atoms with Gasteiger partial charge >= 0.3 is 5.97 Å². The molecule has 5 nitrogen and oxygen atoms in total. The summed E-state index contributed by atoms with van der Waals surface area (Å²) in [5.41, 5.74) is 2.13. The first-order valence-electron chi connectivity index (χ1n) is 8.62. The summed E-state index contributed by atoms with van der Waals surface area (Å²) in [4.78, 5) is 25.6. The van der Waals surface area contributed by atoms with Crippen molar-refractivity contribution in [2.24, 2.45) is 11.8 Å². The highest BCUT2D eigenvalue weighted by Crippen LogP contribution is 2.28. The van der Waals surface area contributed by atoms with Crippen LogP contribution in [0.1, 0.15) is 42.9 Å². The van der Waals surface area contributed by atoms with Gasteiger partial charge in [-0.25, -0.2) is 0 Å². The van der Waals surface area contributed by atoms with E-state index < -0.39 is 5.97 Å². The molecule has 1 atom stereocenters. The Morgan fingerprint density at radius 3 is 2.46 bits per heavy atom. The fourth-order valence-corrected chi connectivity index (χ4v) is 3.48. The van der Waals surface area contributed by atoms with E-state index in [4.69, 9.17) is 5.11 Å². The Bertz CT molecular complexity index is 578. The van der Waals surface area contributed by atoms with Gasteiger partial charge in [0.2, 0.25) is 5.91 Å². The number of carbonyl (C=O) groups excluding carboxylic acids is 1. The number of nitrogens with one attached hydrogen (secondary N) is 1. The van der Waals surface area contributed by atoms with E-state index in [0.29, 0.717) is 25.3 Å². The number of carboxylic acids is 1. The van der Waals surface area contributed by atoms with Crippen LogP contribution in [0.5, 0.6) is 0 Å². The van der Waals surface area contributed by atoms with E-state index >= 15 is 0 Å². The second-order valence-corrected chi connectivity index (χ2v) is 7.08. The van der Waals surface area contributed by atoms with Gasteiger partial charge in [0.1, 0.15) is 6.04 Å². The molecule has 2 N–H and O–H groups in total. The lowest BCUT2D eigenvalue weighted by Gasteiger charge is -2.28. The maximum atomic E-state index is 12.7. The molecule has 0 bridgehead atoms. The van der Waals surface area contributed by atoms with Crippen molar-refractivity contribution in [2.75, 3.05) is 20.6 Å². The third-order valence-electron chi connectivity index (χ3n) is 4.88. The molecule has 1 amide bonds. The van der Waals surface area contributed by atoms with Gasteiger partial charge in [-0.05, 0) is 58.2 Å². The predicted octanol–water partition coefficient (Wildman–Crippen LogP) is 2.60. The zero-order valence-corrected chi connectivity index (χ0v) is 14.8. The zero-order chi connectivity index (χ0) is 17.7. The molecule has 0 saturated heterocycles. The maximum Gasteiger partial charge on any atom is 0.306 e. The van der Waals surface area contributed by atoms with Crippen LogP contribution in [0.2, 0.25) is 0 Å². The fourth-order valence-electron chi connectivity index (χ4n) is 3.48.